The van der Waals surface area contributed by atoms with Gasteiger partial charge in [0.05, 0.1) is 35.3 Å². The van der Waals surface area contributed by atoms with Gasteiger partial charge in [-0.15, -0.1) is 5.10 Å². The Hall–Kier alpha value is -4.46. The van der Waals surface area contributed by atoms with Crippen LogP contribution < -0.4 is 10.2 Å². The monoisotopic (exact) mass is 571 g/mol. The molecule has 1 aromatic carbocycles. The van der Waals surface area contributed by atoms with E-state index in [1.165, 1.54) is 17.8 Å². The molecule has 11 nitrogen and oxygen atoms in total. The Morgan fingerprint density at radius 1 is 1.15 bits per heavy atom. The second-order valence-corrected chi connectivity index (χ2v) is 9.41. The van der Waals surface area contributed by atoms with Crippen LogP contribution in [0.2, 0.25) is 5.02 Å². The van der Waals surface area contributed by atoms with Crippen molar-refractivity contribution in [3.8, 4) is 11.3 Å². The molecule has 1 N–H and O–H groups in total. The molecule has 2 amide bonds. The topological polar surface area (TPSA) is 132 Å². The van der Waals surface area contributed by atoms with Crippen LogP contribution in [-0.2, 0) is 11.3 Å². The zero-order valence-electron chi connectivity index (χ0n) is 21.2. The van der Waals surface area contributed by atoms with Crippen molar-refractivity contribution >= 4 is 35.2 Å². The predicted molar refractivity (Wildman–Crippen MR) is 138 cm³/mol. The lowest BCUT2D eigenvalue weighted by molar-refractivity contribution is -0.117. The van der Waals surface area contributed by atoms with Crippen LogP contribution in [0.5, 0.6) is 0 Å². The lowest BCUT2D eigenvalue weighted by Gasteiger charge is -2.14. The van der Waals surface area contributed by atoms with Gasteiger partial charge >= 0.3 is 0 Å². The Bertz CT molecular complexity index is 1630. The molecule has 15 heteroatoms. The third kappa shape index (κ3) is 5.34. The first-order chi connectivity index (χ1) is 19.1. The summed E-state index contributed by atoms with van der Waals surface area (Å²) in [7, 11) is 0. The van der Waals surface area contributed by atoms with Gasteiger partial charge in [-0.25, -0.2) is 32.8 Å². The van der Waals surface area contributed by atoms with Gasteiger partial charge in [0, 0.05) is 41.5 Å². The molecule has 40 heavy (non-hydrogen) atoms. The van der Waals surface area contributed by atoms with Crippen molar-refractivity contribution in [1.29, 1.82) is 0 Å². The second kappa shape index (κ2) is 11.0. The van der Waals surface area contributed by atoms with Crippen LogP contribution in [0.3, 0.4) is 0 Å². The van der Waals surface area contributed by atoms with Gasteiger partial charge in [-0.3, -0.25) is 19.5 Å². The first kappa shape index (κ1) is 27.1. The molecule has 4 aromatic rings. The maximum atomic E-state index is 14.7. The molecule has 0 spiro atoms. The van der Waals surface area contributed by atoms with E-state index in [-0.39, 0.29) is 40.4 Å². The molecule has 0 unspecified atom stereocenters. The van der Waals surface area contributed by atoms with Gasteiger partial charge in [-0.2, -0.15) is 0 Å². The van der Waals surface area contributed by atoms with Gasteiger partial charge in [-0.05, 0) is 26.3 Å². The van der Waals surface area contributed by atoms with E-state index in [1.54, 1.807) is 18.0 Å². The average Bonchev–Trinajstić information content (AvgIpc) is 3.55. The molecule has 1 fully saturated rings. The molecule has 1 aliphatic rings. The molecule has 5 rings (SSSR count). The van der Waals surface area contributed by atoms with E-state index >= 15 is 0 Å². The fourth-order valence-corrected chi connectivity index (χ4v) is 4.36. The van der Waals surface area contributed by atoms with E-state index in [0.717, 1.165) is 30.3 Å². The van der Waals surface area contributed by atoms with Gasteiger partial charge in [0.15, 0.2) is 11.6 Å². The van der Waals surface area contributed by atoms with Gasteiger partial charge in [0.2, 0.25) is 11.9 Å². The van der Waals surface area contributed by atoms with E-state index in [9.17, 15) is 22.8 Å². The van der Waals surface area contributed by atoms with Crippen LogP contribution in [0.15, 0.2) is 30.7 Å². The van der Waals surface area contributed by atoms with Crippen LogP contribution in [0.4, 0.5) is 24.9 Å². The SMILES string of the molecule is Cc1nc(N2CCCC2=O)ncc1Cn1cc(NC(=O)c2nc(-c3c(C(F)F)ccc(Cl)c3F)cnc2C)nn1. The van der Waals surface area contributed by atoms with Crippen molar-refractivity contribution in [3.05, 3.63) is 69.8 Å². The standard InChI is InChI=1S/C25H21ClF3N9O2/c1-12-14(8-31-25(32-12)38-7-3-4-19(38)39)10-37-11-18(35-36-37)34-24(40)22-13(2)30-9-17(33-22)20-15(23(28)29)5-6-16(26)21(20)27/h5-6,8-9,11,23H,3-4,7,10H2,1-2H3,(H,34,40). The molecule has 0 saturated carbocycles. The molecule has 1 aliphatic heterocycles. The summed E-state index contributed by atoms with van der Waals surface area (Å²) in [6.07, 6.45) is 2.40. The molecule has 1 saturated heterocycles. The molecule has 3 aromatic heterocycles. The summed E-state index contributed by atoms with van der Waals surface area (Å²) in [5.74, 6) is -1.42. The molecular weight excluding hydrogens is 551 g/mol. The second-order valence-electron chi connectivity index (χ2n) is 9.00. The lowest BCUT2D eigenvalue weighted by Crippen LogP contribution is -2.26. The number of nitrogens with one attached hydrogen (secondary N) is 1. The molecule has 0 aliphatic carbocycles. The van der Waals surface area contributed by atoms with Crippen LogP contribution in [0, 0.1) is 19.7 Å². The number of carbonyl (C=O) groups excluding carboxylic acids is 2. The molecule has 0 bridgehead atoms. The van der Waals surface area contributed by atoms with Gasteiger partial charge in [0.25, 0.3) is 12.3 Å². The summed E-state index contributed by atoms with van der Waals surface area (Å²) >= 11 is 5.81. The summed E-state index contributed by atoms with van der Waals surface area (Å²) in [6.45, 7) is 4.10. The highest BCUT2D eigenvalue weighted by Gasteiger charge is 2.25. The van der Waals surface area contributed by atoms with Crippen LogP contribution in [-0.4, -0.2) is 53.3 Å². The number of anilines is 2. The summed E-state index contributed by atoms with van der Waals surface area (Å²) < 4.78 is 43.3. The number of halogens is 4. The number of amides is 2. The zero-order valence-corrected chi connectivity index (χ0v) is 22.0. The number of alkyl halides is 2. The minimum atomic E-state index is -3.01. The number of carbonyl (C=O) groups is 2. The number of rotatable bonds is 7. The third-order valence-corrected chi connectivity index (χ3v) is 6.58. The van der Waals surface area contributed by atoms with Gasteiger partial charge in [0.1, 0.15) is 5.69 Å². The van der Waals surface area contributed by atoms with E-state index in [0.29, 0.717) is 24.6 Å². The molecule has 206 valence electrons. The minimum absolute atomic E-state index is 0.0126. The van der Waals surface area contributed by atoms with Gasteiger partial charge < -0.3 is 5.32 Å². The van der Waals surface area contributed by atoms with Crippen LogP contribution in [0.25, 0.3) is 11.3 Å². The van der Waals surface area contributed by atoms with Crippen molar-refractivity contribution in [2.75, 3.05) is 16.8 Å². The van der Waals surface area contributed by atoms with Crippen LogP contribution in [0.1, 0.15) is 52.3 Å². The predicted octanol–water partition coefficient (Wildman–Crippen LogP) is 4.30. The maximum absolute atomic E-state index is 14.7. The Morgan fingerprint density at radius 3 is 2.65 bits per heavy atom. The Labute approximate surface area is 230 Å². The maximum Gasteiger partial charge on any atom is 0.277 e. The van der Waals surface area contributed by atoms with Crippen molar-refractivity contribution in [3.63, 3.8) is 0 Å². The van der Waals surface area contributed by atoms with Crippen molar-refractivity contribution < 1.29 is 22.8 Å². The van der Waals surface area contributed by atoms with Crippen molar-refractivity contribution in [2.24, 2.45) is 0 Å². The fraction of sp³-hybridized carbons (Fsp3) is 0.280. The zero-order chi connectivity index (χ0) is 28.6. The smallest absolute Gasteiger partial charge is 0.277 e. The normalized spacial score (nSPS) is 13.4. The van der Waals surface area contributed by atoms with E-state index in [4.69, 9.17) is 11.6 Å². The molecule has 0 atom stereocenters. The Balaban J connectivity index is 1.33. The summed E-state index contributed by atoms with van der Waals surface area (Å²) in [5.41, 5.74) is -0.0940. The van der Waals surface area contributed by atoms with Gasteiger partial charge in [-0.1, -0.05) is 22.9 Å². The number of nitrogens with zero attached hydrogens (tertiary/aromatic N) is 8. The number of benzene rings is 1. The van der Waals surface area contributed by atoms with E-state index in [1.807, 2.05) is 0 Å². The summed E-state index contributed by atoms with van der Waals surface area (Å²) in [6, 6.07) is 2.02. The van der Waals surface area contributed by atoms with Crippen molar-refractivity contribution in [2.45, 2.75) is 39.7 Å². The number of hydrogen-bond acceptors (Lipinski definition) is 8. The highest BCUT2D eigenvalue weighted by molar-refractivity contribution is 6.31. The fourth-order valence-electron chi connectivity index (χ4n) is 4.20. The van der Waals surface area contributed by atoms with E-state index in [2.05, 4.69) is 35.6 Å². The third-order valence-electron chi connectivity index (χ3n) is 6.28. The molecule has 4 heterocycles. The average molecular weight is 572 g/mol. The highest BCUT2D eigenvalue weighted by Crippen LogP contribution is 2.35. The summed E-state index contributed by atoms with van der Waals surface area (Å²) in [4.78, 5) is 43.4. The highest BCUT2D eigenvalue weighted by atomic mass is 35.5. The number of aromatic nitrogens is 7. The minimum Gasteiger partial charge on any atom is -0.302 e. The lowest BCUT2D eigenvalue weighted by atomic mass is 10.0. The number of hydrogen-bond donors (Lipinski definition) is 1. The Morgan fingerprint density at radius 2 is 1.95 bits per heavy atom. The largest absolute Gasteiger partial charge is 0.302 e. The first-order valence-corrected chi connectivity index (χ1v) is 12.4. The molecule has 0 radical (unpaired) electrons. The number of aryl methyl sites for hydroxylation is 2. The summed E-state index contributed by atoms with van der Waals surface area (Å²) in [5, 5.41) is 10.1. The quantitative estimate of drug-likeness (QED) is 0.347. The van der Waals surface area contributed by atoms with E-state index < -0.39 is 29.3 Å². The van der Waals surface area contributed by atoms with Crippen LogP contribution >= 0.6 is 11.6 Å². The first-order valence-electron chi connectivity index (χ1n) is 12.1. The Kier molecular flexibility index (Phi) is 7.43. The van der Waals surface area contributed by atoms with Crippen molar-refractivity contribution in [1.82, 2.24) is 34.9 Å². The molecular formula is C25H21ClF3N9O2.